The van der Waals surface area contributed by atoms with E-state index in [1.54, 1.807) is 18.2 Å². The van der Waals surface area contributed by atoms with Crippen LogP contribution in [0.2, 0.25) is 0 Å². The summed E-state index contributed by atoms with van der Waals surface area (Å²) in [4.78, 5) is 10.8. The molecule has 0 bridgehead atoms. The smallest absolute Gasteiger partial charge is 0.335 e. The summed E-state index contributed by atoms with van der Waals surface area (Å²) in [5, 5.41) is 12.1. The molecule has 86 valence electrons. The number of rotatable bonds is 4. The zero-order chi connectivity index (χ0) is 11.4. The second kappa shape index (κ2) is 4.99. The number of ether oxygens (including phenoxy) is 1. The molecule has 2 N–H and O–H groups in total. The highest BCUT2D eigenvalue weighted by Crippen LogP contribution is 2.15. The van der Waals surface area contributed by atoms with Gasteiger partial charge in [-0.3, -0.25) is 0 Å². The van der Waals surface area contributed by atoms with E-state index in [0.29, 0.717) is 11.5 Å². The lowest BCUT2D eigenvalue weighted by Gasteiger charge is -2.10. The summed E-state index contributed by atoms with van der Waals surface area (Å²) in [6.07, 6.45) is 1.08. The van der Waals surface area contributed by atoms with E-state index in [1.807, 2.05) is 6.07 Å². The van der Waals surface area contributed by atoms with Gasteiger partial charge in [0, 0.05) is 24.8 Å². The Morgan fingerprint density at radius 2 is 2.44 bits per heavy atom. The molecule has 1 aliphatic rings. The van der Waals surface area contributed by atoms with Gasteiger partial charge in [-0.25, -0.2) is 4.79 Å². The standard InChI is InChI=1S/C12H15NO3/c14-12(15)10-2-1-3-11(6-10)13-7-9-4-5-16-8-9/h1-3,6,9,13H,4-5,7-8H2,(H,14,15). The lowest BCUT2D eigenvalue weighted by molar-refractivity contribution is 0.0697. The Morgan fingerprint density at radius 3 is 3.12 bits per heavy atom. The first kappa shape index (κ1) is 11.0. The lowest BCUT2D eigenvalue weighted by Crippen LogP contribution is -2.14. The van der Waals surface area contributed by atoms with Gasteiger partial charge >= 0.3 is 5.97 Å². The molecule has 0 aromatic heterocycles. The van der Waals surface area contributed by atoms with Crippen molar-refractivity contribution >= 4 is 11.7 Å². The Morgan fingerprint density at radius 1 is 1.56 bits per heavy atom. The third kappa shape index (κ3) is 2.73. The van der Waals surface area contributed by atoms with Crippen LogP contribution >= 0.6 is 0 Å². The minimum absolute atomic E-state index is 0.313. The molecule has 1 aromatic carbocycles. The minimum atomic E-state index is -0.896. The van der Waals surface area contributed by atoms with Crippen molar-refractivity contribution in [1.29, 1.82) is 0 Å². The molecule has 1 aliphatic heterocycles. The number of carboxylic acid groups (broad SMARTS) is 1. The van der Waals surface area contributed by atoms with E-state index >= 15 is 0 Å². The van der Waals surface area contributed by atoms with Crippen molar-refractivity contribution in [2.45, 2.75) is 6.42 Å². The van der Waals surface area contributed by atoms with Gasteiger partial charge in [-0.15, -0.1) is 0 Å². The highest BCUT2D eigenvalue weighted by atomic mass is 16.5. The fraction of sp³-hybridized carbons (Fsp3) is 0.417. The zero-order valence-corrected chi connectivity index (χ0v) is 8.98. The Balaban J connectivity index is 1.93. The van der Waals surface area contributed by atoms with E-state index in [-0.39, 0.29) is 0 Å². The molecule has 2 rings (SSSR count). The SMILES string of the molecule is O=C(O)c1cccc(NCC2CCOC2)c1. The first-order chi connectivity index (χ1) is 7.75. The monoisotopic (exact) mass is 221 g/mol. The molecule has 4 heteroatoms. The van der Waals surface area contributed by atoms with Crippen LogP contribution in [0.1, 0.15) is 16.8 Å². The van der Waals surface area contributed by atoms with Crippen LogP contribution in [0.4, 0.5) is 5.69 Å². The average Bonchev–Trinajstić information content (AvgIpc) is 2.79. The molecule has 0 spiro atoms. The van der Waals surface area contributed by atoms with Gasteiger partial charge in [-0.2, -0.15) is 0 Å². The molecule has 1 atom stereocenters. The molecule has 0 aliphatic carbocycles. The molecule has 0 saturated carbocycles. The second-order valence-corrected chi connectivity index (χ2v) is 4.00. The summed E-state index contributed by atoms with van der Waals surface area (Å²) < 4.78 is 5.27. The number of benzene rings is 1. The van der Waals surface area contributed by atoms with Crippen molar-refractivity contribution in [2.75, 3.05) is 25.1 Å². The number of hydrogen-bond acceptors (Lipinski definition) is 3. The molecule has 16 heavy (non-hydrogen) atoms. The van der Waals surface area contributed by atoms with Crippen LogP contribution in [0.5, 0.6) is 0 Å². The number of carbonyl (C=O) groups is 1. The van der Waals surface area contributed by atoms with Crippen molar-refractivity contribution in [3.63, 3.8) is 0 Å². The number of aromatic carboxylic acids is 1. The van der Waals surface area contributed by atoms with E-state index in [4.69, 9.17) is 9.84 Å². The summed E-state index contributed by atoms with van der Waals surface area (Å²) >= 11 is 0. The van der Waals surface area contributed by atoms with E-state index in [0.717, 1.165) is 31.9 Å². The fourth-order valence-corrected chi connectivity index (χ4v) is 1.77. The van der Waals surface area contributed by atoms with Crippen LogP contribution in [-0.4, -0.2) is 30.8 Å². The molecule has 1 aromatic rings. The summed E-state index contributed by atoms with van der Waals surface area (Å²) in [6, 6.07) is 6.86. The predicted octanol–water partition coefficient (Wildman–Crippen LogP) is 1.83. The Hall–Kier alpha value is -1.55. The topological polar surface area (TPSA) is 58.6 Å². The largest absolute Gasteiger partial charge is 0.478 e. The fourth-order valence-electron chi connectivity index (χ4n) is 1.77. The first-order valence-corrected chi connectivity index (χ1v) is 5.40. The first-order valence-electron chi connectivity index (χ1n) is 5.40. The summed E-state index contributed by atoms with van der Waals surface area (Å²) in [5.41, 5.74) is 1.17. The van der Waals surface area contributed by atoms with Gasteiger partial charge < -0.3 is 15.2 Å². The van der Waals surface area contributed by atoms with Crippen molar-refractivity contribution in [3.05, 3.63) is 29.8 Å². The van der Waals surface area contributed by atoms with E-state index < -0.39 is 5.97 Å². The molecule has 1 saturated heterocycles. The van der Waals surface area contributed by atoms with Gasteiger partial charge in [0.2, 0.25) is 0 Å². The van der Waals surface area contributed by atoms with Gasteiger partial charge in [0.15, 0.2) is 0 Å². The van der Waals surface area contributed by atoms with Crippen LogP contribution in [0.25, 0.3) is 0 Å². The molecule has 0 radical (unpaired) electrons. The van der Waals surface area contributed by atoms with Crippen molar-refractivity contribution in [3.8, 4) is 0 Å². The zero-order valence-electron chi connectivity index (χ0n) is 8.98. The third-order valence-electron chi connectivity index (χ3n) is 2.73. The molecular formula is C12H15NO3. The molecule has 1 heterocycles. The van der Waals surface area contributed by atoms with Gasteiger partial charge in [0.05, 0.1) is 12.2 Å². The van der Waals surface area contributed by atoms with Crippen LogP contribution in [0.3, 0.4) is 0 Å². The van der Waals surface area contributed by atoms with Gasteiger partial charge in [0.1, 0.15) is 0 Å². The summed E-state index contributed by atoms with van der Waals surface area (Å²) in [6.45, 7) is 2.47. The van der Waals surface area contributed by atoms with Crippen molar-refractivity contribution in [2.24, 2.45) is 5.92 Å². The number of nitrogens with one attached hydrogen (secondary N) is 1. The van der Waals surface area contributed by atoms with Crippen LogP contribution in [0, 0.1) is 5.92 Å². The molecule has 1 unspecified atom stereocenters. The highest BCUT2D eigenvalue weighted by Gasteiger charge is 2.15. The Kier molecular flexibility index (Phi) is 3.41. The van der Waals surface area contributed by atoms with E-state index in [9.17, 15) is 4.79 Å². The lowest BCUT2D eigenvalue weighted by atomic mass is 10.1. The molecule has 0 amide bonds. The third-order valence-corrected chi connectivity index (χ3v) is 2.73. The van der Waals surface area contributed by atoms with Gasteiger partial charge in [-0.05, 0) is 24.6 Å². The summed E-state index contributed by atoms with van der Waals surface area (Å²) in [7, 11) is 0. The number of carboxylic acids is 1. The van der Waals surface area contributed by atoms with E-state index in [1.165, 1.54) is 0 Å². The van der Waals surface area contributed by atoms with Crippen molar-refractivity contribution < 1.29 is 14.6 Å². The number of hydrogen-bond donors (Lipinski definition) is 2. The van der Waals surface area contributed by atoms with Crippen LogP contribution < -0.4 is 5.32 Å². The van der Waals surface area contributed by atoms with Crippen LogP contribution in [-0.2, 0) is 4.74 Å². The highest BCUT2D eigenvalue weighted by molar-refractivity contribution is 5.88. The maximum atomic E-state index is 10.8. The summed E-state index contributed by atoms with van der Waals surface area (Å²) in [5.74, 6) is -0.360. The normalized spacial score (nSPS) is 19.6. The second-order valence-electron chi connectivity index (χ2n) is 4.00. The maximum Gasteiger partial charge on any atom is 0.335 e. The van der Waals surface area contributed by atoms with E-state index in [2.05, 4.69) is 5.32 Å². The van der Waals surface area contributed by atoms with Crippen LogP contribution in [0.15, 0.2) is 24.3 Å². The van der Waals surface area contributed by atoms with Gasteiger partial charge in [0.25, 0.3) is 0 Å². The van der Waals surface area contributed by atoms with Gasteiger partial charge in [-0.1, -0.05) is 6.07 Å². The molecular weight excluding hydrogens is 206 g/mol. The number of anilines is 1. The molecule has 4 nitrogen and oxygen atoms in total. The van der Waals surface area contributed by atoms with Crippen molar-refractivity contribution in [1.82, 2.24) is 0 Å². The maximum absolute atomic E-state index is 10.8. The Bertz CT molecular complexity index is 372. The molecule has 1 fully saturated rings. The quantitative estimate of drug-likeness (QED) is 0.814. The predicted molar refractivity (Wildman–Crippen MR) is 60.8 cm³/mol. The minimum Gasteiger partial charge on any atom is -0.478 e. The Labute approximate surface area is 94.2 Å². The average molecular weight is 221 g/mol.